The predicted molar refractivity (Wildman–Crippen MR) is 61.8 cm³/mol. The fourth-order valence-corrected chi connectivity index (χ4v) is 1.95. The molecule has 0 aromatic carbocycles. The molecule has 0 spiro atoms. The number of likely N-dealkylation sites (N-methyl/N-ethyl adjacent to an activating group) is 2. The van der Waals surface area contributed by atoms with Crippen LogP contribution in [0, 0.1) is 0 Å². The lowest BCUT2D eigenvalue weighted by molar-refractivity contribution is -0.132. The highest BCUT2D eigenvalue weighted by Crippen LogP contribution is 2.13. The molecule has 1 amide bonds. The monoisotopic (exact) mass is 213 g/mol. The van der Waals surface area contributed by atoms with Crippen molar-refractivity contribution in [3.8, 4) is 0 Å². The number of carbonyl (C=O) groups is 1. The summed E-state index contributed by atoms with van der Waals surface area (Å²) >= 11 is 0. The average Bonchev–Trinajstić information content (AvgIpc) is 2.26. The van der Waals surface area contributed by atoms with Gasteiger partial charge in [-0.15, -0.1) is 0 Å². The minimum Gasteiger partial charge on any atom is -0.340 e. The fraction of sp³-hybridized carbons (Fsp3) is 0.909. The minimum absolute atomic E-state index is 0.239. The van der Waals surface area contributed by atoms with E-state index >= 15 is 0 Å². The van der Waals surface area contributed by atoms with Crippen LogP contribution in [0.25, 0.3) is 0 Å². The Morgan fingerprint density at radius 2 is 2.27 bits per heavy atom. The van der Waals surface area contributed by atoms with E-state index in [0.717, 1.165) is 26.1 Å². The van der Waals surface area contributed by atoms with Crippen molar-refractivity contribution in [2.75, 3.05) is 40.3 Å². The highest BCUT2D eigenvalue weighted by molar-refractivity contribution is 5.78. The molecule has 0 aliphatic carbocycles. The van der Waals surface area contributed by atoms with Gasteiger partial charge >= 0.3 is 0 Å². The second kappa shape index (κ2) is 6.08. The molecule has 0 aromatic heterocycles. The Morgan fingerprint density at radius 3 is 2.87 bits per heavy atom. The summed E-state index contributed by atoms with van der Waals surface area (Å²) in [6.07, 6.45) is 2.33. The quantitative estimate of drug-likeness (QED) is 0.722. The van der Waals surface area contributed by atoms with E-state index < -0.39 is 0 Å². The maximum absolute atomic E-state index is 11.8. The molecule has 4 heteroatoms. The zero-order valence-corrected chi connectivity index (χ0v) is 10.1. The van der Waals surface area contributed by atoms with Crippen molar-refractivity contribution in [2.24, 2.45) is 0 Å². The van der Waals surface area contributed by atoms with Gasteiger partial charge < -0.3 is 15.1 Å². The van der Waals surface area contributed by atoms with E-state index in [1.54, 1.807) is 0 Å². The van der Waals surface area contributed by atoms with Gasteiger partial charge in [-0.25, -0.2) is 0 Å². The van der Waals surface area contributed by atoms with E-state index in [0.29, 0.717) is 12.6 Å². The lowest BCUT2D eigenvalue weighted by Crippen LogP contribution is -2.49. The van der Waals surface area contributed by atoms with Crippen LogP contribution in [0.1, 0.15) is 19.8 Å². The molecule has 1 aliphatic rings. The number of nitrogens with zero attached hydrogens (tertiary/aromatic N) is 2. The number of carbonyl (C=O) groups excluding carboxylic acids is 1. The summed E-state index contributed by atoms with van der Waals surface area (Å²) in [6.45, 7) is 5.17. The molecule has 1 heterocycles. The number of rotatable bonds is 4. The van der Waals surface area contributed by atoms with Gasteiger partial charge in [0.15, 0.2) is 0 Å². The SMILES string of the molecule is CCNCC(=O)N1CCCC(N(C)C)C1. The molecule has 4 nitrogen and oxygen atoms in total. The van der Waals surface area contributed by atoms with E-state index in [2.05, 4.69) is 24.3 Å². The summed E-state index contributed by atoms with van der Waals surface area (Å²) < 4.78 is 0. The van der Waals surface area contributed by atoms with Gasteiger partial charge in [0.05, 0.1) is 6.54 Å². The molecule has 0 radical (unpaired) electrons. The van der Waals surface area contributed by atoms with Gasteiger partial charge in [0, 0.05) is 19.1 Å². The molecule has 1 fully saturated rings. The Bertz CT molecular complexity index is 206. The van der Waals surface area contributed by atoms with Gasteiger partial charge in [-0.3, -0.25) is 4.79 Å². The lowest BCUT2D eigenvalue weighted by atomic mass is 10.0. The lowest BCUT2D eigenvalue weighted by Gasteiger charge is -2.36. The summed E-state index contributed by atoms with van der Waals surface area (Å²) in [5.41, 5.74) is 0. The summed E-state index contributed by atoms with van der Waals surface area (Å²) in [7, 11) is 4.17. The normalized spacial score (nSPS) is 22.1. The molecule has 0 bridgehead atoms. The van der Waals surface area contributed by atoms with Gasteiger partial charge in [0.25, 0.3) is 0 Å². The summed E-state index contributed by atoms with van der Waals surface area (Å²) in [4.78, 5) is 16.0. The van der Waals surface area contributed by atoms with Crippen LogP contribution in [0.5, 0.6) is 0 Å². The maximum atomic E-state index is 11.8. The number of hydrogen-bond acceptors (Lipinski definition) is 3. The van der Waals surface area contributed by atoms with Crippen LogP contribution in [-0.4, -0.2) is 62.0 Å². The van der Waals surface area contributed by atoms with Crippen molar-refractivity contribution < 1.29 is 4.79 Å². The van der Waals surface area contributed by atoms with Crippen molar-refractivity contribution in [3.05, 3.63) is 0 Å². The van der Waals surface area contributed by atoms with E-state index in [9.17, 15) is 4.79 Å². The second-order valence-electron chi connectivity index (χ2n) is 4.38. The van der Waals surface area contributed by atoms with Crippen LogP contribution in [0.2, 0.25) is 0 Å². The standard InChI is InChI=1S/C11H23N3O/c1-4-12-8-11(15)14-7-5-6-10(9-14)13(2)3/h10,12H,4-9H2,1-3H3. The third kappa shape index (κ3) is 3.80. The van der Waals surface area contributed by atoms with Gasteiger partial charge in [-0.2, -0.15) is 0 Å². The fourth-order valence-electron chi connectivity index (χ4n) is 1.95. The number of amides is 1. The molecule has 1 saturated heterocycles. The zero-order chi connectivity index (χ0) is 11.3. The van der Waals surface area contributed by atoms with E-state index in [1.165, 1.54) is 6.42 Å². The van der Waals surface area contributed by atoms with Crippen LogP contribution in [0.4, 0.5) is 0 Å². The summed E-state index contributed by atoms with van der Waals surface area (Å²) in [5.74, 6) is 0.239. The third-order valence-electron chi connectivity index (χ3n) is 3.01. The average molecular weight is 213 g/mol. The summed E-state index contributed by atoms with van der Waals surface area (Å²) in [6, 6.07) is 0.532. The molecule has 1 aliphatic heterocycles. The number of nitrogens with one attached hydrogen (secondary N) is 1. The van der Waals surface area contributed by atoms with Gasteiger partial charge in [-0.05, 0) is 33.5 Å². The van der Waals surface area contributed by atoms with Gasteiger partial charge in [0.1, 0.15) is 0 Å². The van der Waals surface area contributed by atoms with Crippen molar-refractivity contribution >= 4 is 5.91 Å². The molecule has 0 aromatic rings. The summed E-state index contributed by atoms with van der Waals surface area (Å²) in [5, 5.41) is 3.08. The Morgan fingerprint density at radius 1 is 1.53 bits per heavy atom. The second-order valence-corrected chi connectivity index (χ2v) is 4.38. The number of likely N-dealkylation sites (tertiary alicyclic amines) is 1. The molecular formula is C11H23N3O. The first-order chi connectivity index (χ1) is 7.15. The van der Waals surface area contributed by atoms with Crippen LogP contribution in [0.3, 0.4) is 0 Å². The molecule has 88 valence electrons. The number of hydrogen-bond donors (Lipinski definition) is 1. The Kier molecular flexibility index (Phi) is 5.05. The van der Waals surface area contributed by atoms with Crippen molar-refractivity contribution in [2.45, 2.75) is 25.8 Å². The molecule has 15 heavy (non-hydrogen) atoms. The van der Waals surface area contributed by atoms with Crippen molar-refractivity contribution in [3.63, 3.8) is 0 Å². The highest BCUT2D eigenvalue weighted by Gasteiger charge is 2.24. The molecule has 1 N–H and O–H groups in total. The van der Waals surface area contributed by atoms with Crippen molar-refractivity contribution in [1.29, 1.82) is 0 Å². The third-order valence-corrected chi connectivity index (χ3v) is 3.01. The first kappa shape index (κ1) is 12.5. The molecule has 1 unspecified atom stereocenters. The molecular weight excluding hydrogens is 190 g/mol. The Hall–Kier alpha value is -0.610. The molecule has 0 saturated carbocycles. The first-order valence-corrected chi connectivity index (χ1v) is 5.80. The zero-order valence-electron chi connectivity index (χ0n) is 10.1. The smallest absolute Gasteiger partial charge is 0.236 e. The minimum atomic E-state index is 0.239. The van der Waals surface area contributed by atoms with Crippen LogP contribution < -0.4 is 5.32 Å². The van der Waals surface area contributed by atoms with Crippen molar-refractivity contribution in [1.82, 2.24) is 15.1 Å². The van der Waals surface area contributed by atoms with E-state index in [4.69, 9.17) is 0 Å². The van der Waals surface area contributed by atoms with Gasteiger partial charge in [-0.1, -0.05) is 6.92 Å². The molecule has 1 atom stereocenters. The van der Waals surface area contributed by atoms with E-state index in [1.807, 2.05) is 11.8 Å². The predicted octanol–water partition coefficient (Wildman–Crippen LogP) is 0.149. The highest BCUT2D eigenvalue weighted by atomic mass is 16.2. The van der Waals surface area contributed by atoms with Gasteiger partial charge in [0.2, 0.25) is 5.91 Å². The van der Waals surface area contributed by atoms with Crippen LogP contribution >= 0.6 is 0 Å². The Labute approximate surface area is 92.6 Å². The molecule has 1 rings (SSSR count). The van der Waals surface area contributed by atoms with Crippen LogP contribution in [0.15, 0.2) is 0 Å². The largest absolute Gasteiger partial charge is 0.340 e. The van der Waals surface area contributed by atoms with Crippen LogP contribution in [-0.2, 0) is 4.79 Å². The van der Waals surface area contributed by atoms with E-state index in [-0.39, 0.29) is 5.91 Å². The first-order valence-electron chi connectivity index (χ1n) is 5.80. The Balaban J connectivity index is 2.38. The topological polar surface area (TPSA) is 35.6 Å². The number of piperidine rings is 1. The maximum Gasteiger partial charge on any atom is 0.236 e.